The minimum absolute atomic E-state index is 0.114. The van der Waals surface area contributed by atoms with Gasteiger partial charge in [-0.2, -0.15) is 0 Å². The van der Waals surface area contributed by atoms with E-state index in [1.54, 1.807) is 0 Å². The minimum Gasteiger partial charge on any atom is -0.480 e. The van der Waals surface area contributed by atoms with Crippen molar-refractivity contribution in [3.05, 3.63) is 0 Å². The van der Waals surface area contributed by atoms with Gasteiger partial charge >= 0.3 is 5.97 Å². The zero-order chi connectivity index (χ0) is 8.15. The number of aliphatic carboxylic acids is 1. The average molecular weight is 163 g/mol. The largest absolute Gasteiger partial charge is 0.480 e. The van der Waals surface area contributed by atoms with E-state index >= 15 is 0 Å². The van der Waals surface area contributed by atoms with Gasteiger partial charge in [-0.25, -0.2) is 0 Å². The zero-order valence-corrected chi connectivity index (χ0v) is 6.02. The van der Waals surface area contributed by atoms with E-state index in [0.717, 1.165) is 11.8 Å². The average Bonchev–Trinajstić information content (AvgIpc) is 1.82. The van der Waals surface area contributed by atoms with Crippen molar-refractivity contribution >= 4 is 22.9 Å². The van der Waals surface area contributed by atoms with E-state index < -0.39 is 12.0 Å². The first-order valence-corrected chi connectivity index (χ1v) is 3.48. The summed E-state index contributed by atoms with van der Waals surface area (Å²) in [5.74, 6) is -0.932. The van der Waals surface area contributed by atoms with Gasteiger partial charge in [0.2, 0.25) is 0 Å². The third kappa shape index (κ3) is 4.16. The molecule has 0 bridgehead atoms. The van der Waals surface area contributed by atoms with E-state index in [1.165, 1.54) is 0 Å². The van der Waals surface area contributed by atoms with Crippen LogP contribution in [0.1, 0.15) is 0 Å². The van der Waals surface area contributed by atoms with Crippen molar-refractivity contribution in [3.63, 3.8) is 0 Å². The fraction of sp³-hybridized carbons (Fsp3) is 0.500. The predicted octanol–water partition coefficient (Wildman–Crippen LogP) is -0.975. The molecule has 0 aromatic heterocycles. The van der Waals surface area contributed by atoms with Crippen molar-refractivity contribution < 1.29 is 9.90 Å². The van der Waals surface area contributed by atoms with Crippen LogP contribution in [0, 0.1) is 5.41 Å². The highest BCUT2D eigenvalue weighted by molar-refractivity contribution is 8.13. The molecule has 1 unspecified atom stereocenters. The Balaban J connectivity index is 3.49. The van der Waals surface area contributed by atoms with Crippen LogP contribution in [0.5, 0.6) is 0 Å². The van der Waals surface area contributed by atoms with Crippen LogP contribution < -0.4 is 11.5 Å². The summed E-state index contributed by atoms with van der Waals surface area (Å²) in [6.45, 7) is 0. The van der Waals surface area contributed by atoms with Crippen molar-refractivity contribution in [2.75, 3.05) is 5.75 Å². The number of amidine groups is 1. The number of nitrogens with one attached hydrogen (secondary N) is 1. The Labute approximate surface area is 62.3 Å². The minimum atomic E-state index is -1.08. The molecule has 0 spiro atoms. The lowest BCUT2D eigenvalue weighted by Gasteiger charge is -2.02. The smallest absolute Gasteiger partial charge is 0.321 e. The van der Waals surface area contributed by atoms with Gasteiger partial charge < -0.3 is 16.6 Å². The zero-order valence-electron chi connectivity index (χ0n) is 5.20. The van der Waals surface area contributed by atoms with Gasteiger partial charge in [0.05, 0.1) is 0 Å². The number of nitrogens with two attached hydrogens (primary N) is 2. The predicted molar refractivity (Wildman–Crippen MR) is 40.0 cm³/mol. The van der Waals surface area contributed by atoms with Crippen LogP contribution in [-0.4, -0.2) is 28.0 Å². The summed E-state index contributed by atoms with van der Waals surface area (Å²) in [6.07, 6.45) is 0. The molecule has 0 rings (SSSR count). The molecule has 0 aromatic rings. The van der Waals surface area contributed by atoms with E-state index in [9.17, 15) is 4.79 Å². The van der Waals surface area contributed by atoms with E-state index in [-0.39, 0.29) is 10.9 Å². The molecule has 0 heterocycles. The van der Waals surface area contributed by atoms with Gasteiger partial charge in [0.1, 0.15) is 6.04 Å². The Morgan fingerprint density at radius 1 is 1.80 bits per heavy atom. The highest BCUT2D eigenvalue weighted by Gasteiger charge is 2.10. The summed E-state index contributed by atoms with van der Waals surface area (Å²) in [5, 5.41) is 14.9. The molecular formula is C4H9N3O2S. The number of hydrogen-bond acceptors (Lipinski definition) is 4. The van der Waals surface area contributed by atoms with Gasteiger partial charge in [-0.1, -0.05) is 11.8 Å². The molecule has 0 aliphatic rings. The molecule has 0 fully saturated rings. The third-order valence-electron chi connectivity index (χ3n) is 0.736. The molecule has 6 heteroatoms. The van der Waals surface area contributed by atoms with Crippen molar-refractivity contribution in [2.45, 2.75) is 6.04 Å². The molecule has 6 N–H and O–H groups in total. The van der Waals surface area contributed by atoms with Gasteiger partial charge in [-0.05, 0) is 0 Å². The second-order valence-corrected chi connectivity index (χ2v) is 2.68. The summed E-state index contributed by atoms with van der Waals surface area (Å²) in [5.41, 5.74) is 10.0. The fourth-order valence-corrected chi connectivity index (χ4v) is 0.753. The summed E-state index contributed by atoms with van der Waals surface area (Å²) in [6, 6.07) is -0.936. The van der Waals surface area contributed by atoms with Crippen LogP contribution in [0.15, 0.2) is 0 Å². The standard InChI is InChI=1S/C4H9N3O2S/c5-2(3(8)9)1-10-4(6)7/h2H,1,5H2,(H3,6,7)(H,8,9). The van der Waals surface area contributed by atoms with Gasteiger partial charge in [0.15, 0.2) is 5.17 Å². The van der Waals surface area contributed by atoms with Crippen LogP contribution in [0.2, 0.25) is 0 Å². The first-order chi connectivity index (χ1) is 4.54. The number of carboxylic acids is 1. The van der Waals surface area contributed by atoms with E-state index in [4.69, 9.17) is 22.0 Å². The first kappa shape index (κ1) is 9.25. The third-order valence-corrected chi connectivity index (χ3v) is 1.57. The molecule has 0 saturated heterocycles. The van der Waals surface area contributed by atoms with E-state index in [2.05, 4.69) is 0 Å². The van der Waals surface area contributed by atoms with Gasteiger partial charge in [0, 0.05) is 5.75 Å². The van der Waals surface area contributed by atoms with Crippen LogP contribution >= 0.6 is 11.8 Å². The van der Waals surface area contributed by atoms with Crippen molar-refractivity contribution in [2.24, 2.45) is 11.5 Å². The second kappa shape index (κ2) is 4.13. The number of carbonyl (C=O) groups is 1. The molecule has 0 saturated carbocycles. The van der Waals surface area contributed by atoms with Gasteiger partial charge in [0.25, 0.3) is 0 Å². The summed E-state index contributed by atoms with van der Waals surface area (Å²) < 4.78 is 0. The Kier molecular flexibility index (Phi) is 3.82. The molecular weight excluding hydrogens is 154 g/mol. The van der Waals surface area contributed by atoms with Crippen LogP contribution in [0.3, 0.4) is 0 Å². The first-order valence-electron chi connectivity index (χ1n) is 2.49. The normalized spacial score (nSPS) is 12.5. The molecule has 10 heavy (non-hydrogen) atoms. The van der Waals surface area contributed by atoms with Crippen molar-refractivity contribution in [3.8, 4) is 0 Å². The highest BCUT2D eigenvalue weighted by Crippen LogP contribution is 1.99. The fourth-order valence-electron chi connectivity index (χ4n) is 0.251. The lowest BCUT2D eigenvalue weighted by atomic mass is 10.4. The number of rotatable bonds is 3. The highest BCUT2D eigenvalue weighted by atomic mass is 32.2. The molecule has 58 valence electrons. The number of thioether (sulfide) groups is 1. The molecule has 5 nitrogen and oxygen atoms in total. The van der Waals surface area contributed by atoms with Crippen molar-refractivity contribution in [1.29, 1.82) is 5.41 Å². The van der Waals surface area contributed by atoms with Crippen LogP contribution in [-0.2, 0) is 4.79 Å². The van der Waals surface area contributed by atoms with Gasteiger partial charge in [-0.15, -0.1) is 0 Å². The maximum absolute atomic E-state index is 10.1. The second-order valence-electron chi connectivity index (χ2n) is 1.62. The molecule has 0 aromatic carbocycles. The Morgan fingerprint density at radius 2 is 2.30 bits per heavy atom. The van der Waals surface area contributed by atoms with E-state index in [1.807, 2.05) is 0 Å². The summed E-state index contributed by atoms with van der Waals surface area (Å²) in [4.78, 5) is 10.1. The summed E-state index contributed by atoms with van der Waals surface area (Å²) >= 11 is 0.923. The molecule has 0 amide bonds. The Hall–Kier alpha value is -0.750. The lowest BCUT2D eigenvalue weighted by Crippen LogP contribution is -2.33. The molecule has 0 radical (unpaired) electrons. The lowest BCUT2D eigenvalue weighted by molar-refractivity contribution is -0.137. The van der Waals surface area contributed by atoms with Crippen LogP contribution in [0.4, 0.5) is 0 Å². The maximum Gasteiger partial charge on any atom is 0.321 e. The van der Waals surface area contributed by atoms with Gasteiger partial charge in [-0.3, -0.25) is 10.2 Å². The monoisotopic (exact) mass is 163 g/mol. The quantitative estimate of drug-likeness (QED) is 0.315. The molecule has 0 aliphatic heterocycles. The van der Waals surface area contributed by atoms with E-state index in [0.29, 0.717) is 0 Å². The summed E-state index contributed by atoms with van der Waals surface area (Å²) in [7, 11) is 0. The topological polar surface area (TPSA) is 113 Å². The molecule has 0 aliphatic carbocycles. The number of hydrogen-bond donors (Lipinski definition) is 4. The molecule has 1 atom stereocenters. The maximum atomic E-state index is 10.1. The SMILES string of the molecule is N=C(N)SCC(N)C(=O)O. The van der Waals surface area contributed by atoms with Crippen molar-refractivity contribution in [1.82, 2.24) is 0 Å². The number of carboxylic acid groups (broad SMARTS) is 1. The van der Waals surface area contributed by atoms with Crippen LogP contribution in [0.25, 0.3) is 0 Å². The Morgan fingerprint density at radius 3 is 2.60 bits per heavy atom. The Bertz CT molecular complexity index is 149.